The van der Waals surface area contributed by atoms with E-state index in [-0.39, 0.29) is 11.8 Å². The molecule has 0 aromatic carbocycles. The van der Waals surface area contributed by atoms with Gasteiger partial charge in [-0.15, -0.1) is 11.3 Å². The number of thiophene rings is 1. The molecule has 2 fully saturated rings. The summed E-state index contributed by atoms with van der Waals surface area (Å²) >= 11 is 1.40. The molecule has 6 heteroatoms. The second-order valence-corrected chi connectivity index (χ2v) is 7.44. The molecule has 126 valence electrons. The molecular weight excluding hydrogens is 312 g/mol. The average Bonchev–Trinajstić information content (AvgIpc) is 3.33. The molecule has 0 spiro atoms. The van der Waals surface area contributed by atoms with Crippen molar-refractivity contribution in [3.8, 4) is 0 Å². The van der Waals surface area contributed by atoms with Crippen LogP contribution >= 0.6 is 11.3 Å². The summed E-state index contributed by atoms with van der Waals surface area (Å²) in [5.41, 5.74) is 0. The van der Waals surface area contributed by atoms with E-state index in [0.29, 0.717) is 30.3 Å². The predicted octanol–water partition coefficient (Wildman–Crippen LogP) is 2.02. The lowest BCUT2D eigenvalue weighted by Crippen LogP contribution is -2.48. The van der Waals surface area contributed by atoms with Gasteiger partial charge in [0.1, 0.15) is 6.04 Å². The van der Waals surface area contributed by atoms with Crippen molar-refractivity contribution in [1.82, 2.24) is 10.2 Å². The lowest BCUT2D eigenvalue weighted by atomic mass is 10.0. The Morgan fingerprint density at radius 1 is 1.30 bits per heavy atom. The summed E-state index contributed by atoms with van der Waals surface area (Å²) < 4.78 is 0. The number of hydrogen-bond donors (Lipinski definition) is 2. The maximum Gasteiger partial charge on any atom is 0.264 e. The van der Waals surface area contributed by atoms with Crippen LogP contribution < -0.4 is 5.32 Å². The third-order valence-electron chi connectivity index (χ3n) is 4.98. The Kier molecular flexibility index (Phi) is 5.33. The van der Waals surface area contributed by atoms with Crippen molar-refractivity contribution in [1.29, 1.82) is 0 Å². The quantitative estimate of drug-likeness (QED) is 0.864. The van der Waals surface area contributed by atoms with Crippen LogP contribution in [0.5, 0.6) is 0 Å². The molecule has 1 unspecified atom stereocenters. The van der Waals surface area contributed by atoms with Gasteiger partial charge < -0.3 is 15.3 Å². The average molecular weight is 336 g/mol. The van der Waals surface area contributed by atoms with Gasteiger partial charge in [0.2, 0.25) is 5.91 Å². The monoisotopic (exact) mass is 336 g/mol. The first-order valence-electron chi connectivity index (χ1n) is 8.47. The van der Waals surface area contributed by atoms with Gasteiger partial charge in [-0.2, -0.15) is 0 Å². The maximum atomic E-state index is 12.5. The minimum atomic E-state index is -0.468. The molecule has 2 amide bonds. The zero-order valence-electron chi connectivity index (χ0n) is 13.2. The van der Waals surface area contributed by atoms with E-state index in [1.54, 1.807) is 11.0 Å². The van der Waals surface area contributed by atoms with Gasteiger partial charge in [-0.3, -0.25) is 9.59 Å². The number of nitrogens with one attached hydrogen (secondary N) is 1. The molecule has 3 rings (SSSR count). The molecule has 2 heterocycles. The SMILES string of the molecule is O=C(NCC(O)C1CCCC1)[C@@H]1CCCN1C(=O)c1cccs1. The van der Waals surface area contributed by atoms with E-state index in [0.717, 1.165) is 19.3 Å². The molecule has 2 aliphatic rings. The molecule has 1 aromatic rings. The largest absolute Gasteiger partial charge is 0.391 e. The van der Waals surface area contributed by atoms with Gasteiger partial charge in [0.15, 0.2) is 0 Å². The van der Waals surface area contributed by atoms with E-state index in [4.69, 9.17) is 0 Å². The molecule has 23 heavy (non-hydrogen) atoms. The minimum absolute atomic E-state index is 0.0611. The molecule has 2 atom stereocenters. The number of amides is 2. The third-order valence-corrected chi connectivity index (χ3v) is 5.84. The molecule has 0 radical (unpaired) electrons. The molecule has 1 saturated heterocycles. The number of carbonyl (C=O) groups is 2. The van der Waals surface area contributed by atoms with Crippen molar-refractivity contribution in [3.05, 3.63) is 22.4 Å². The van der Waals surface area contributed by atoms with E-state index >= 15 is 0 Å². The van der Waals surface area contributed by atoms with Gasteiger partial charge in [0.25, 0.3) is 5.91 Å². The normalized spacial score (nSPS) is 23.2. The summed E-state index contributed by atoms with van der Waals surface area (Å²) in [4.78, 5) is 27.3. The van der Waals surface area contributed by atoms with E-state index in [1.807, 2.05) is 11.4 Å². The zero-order valence-corrected chi connectivity index (χ0v) is 14.1. The standard InChI is InChI=1S/C17H24N2O3S/c20-14(12-5-1-2-6-12)11-18-16(21)13-7-3-9-19(13)17(22)15-8-4-10-23-15/h4,8,10,12-14,20H,1-3,5-7,9,11H2,(H,18,21)/t13-,14?/m0/s1. The first kappa shape index (κ1) is 16.5. The fourth-order valence-electron chi connectivity index (χ4n) is 3.66. The Morgan fingerprint density at radius 2 is 2.09 bits per heavy atom. The first-order valence-corrected chi connectivity index (χ1v) is 9.35. The lowest BCUT2D eigenvalue weighted by molar-refractivity contribution is -0.125. The minimum Gasteiger partial charge on any atom is -0.391 e. The van der Waals surface area contributed by atoms with Crippen molar-refractivity contribution in [2.45, 2.75) is 50.7 Å². The van der Waals surface area contributed by atoms with Crippen LogP contribution in [0.25, 0.3) is 0 Å². The Labute approximate surface area is 140 Å². The van der Waals surface area contributed by atoms with Crippen LogP contribution in [0.2, 0.25) is 0 Å². The third kappa shape index (κ3) is 3.75. The highest BCUT2D eigenvalue weighted by Gasteiger charge is 2.35. The number of nitrogens with zero attached hydrogens (tertiary/aromatic N) is 1. The van der Waals surface area contributed by atoms with Crippen LogP contribution in [0.4, 0.5) is 0 Å². The van der Waals surface area contributed by atoms with Gasteiger partial charge in [-0.05, 0) is 43.0 Å². The number of carbonyl (C=O) groups excluding carboxylic acids is 2. The van der Waals surface area contributed by atoms with Crippen molar-refractivity contribution in [2.75, 3.05) is 13.1 Å². The van der Waals surface area contributed by atoms with E-state index in [2.05, 4.69) is 5.32 Å². The number of likely N-dealkylation sites (tertiary alicyclic amines) is 1. The summed E-state index contributed by atoms with van der Waals surface area (Å²) in [5, 5.41) is 14.9. The van der Waals surface area contributed by atoms with Crippen LogP contribution in [-0.2, 0) is 4.79 Å². The Balaban J connectivity index is 1.54. The Bertz CT molecular complexity index is 540. The molecule has 1 saturated carbocycles. The second kappa shape index (κ2) is 7.45. The van der Waals surface area contributed by atoms with Gasteiger partial charge >= 0.3 is 0 Å². The summed E-state index contributed by atoms with van der Waals surface area (Å²) in [6.07, 6.45) is 5.50. The molecule has 1 aliphatic carbocycles. The van der Waals surface area contributed by atoms with Crippen LogP contribution in [-0.4, -0.2) is 47.1 Å². The first-order chi connectivity index (χ1) is 11.2. The summed E-state index contributed by atoms with van der Waals surface area (Å²) in [7, 11) is 0. The summed E-state index contributed by atoms with van der Waals surface area (Å²) in [5.74, 6) is 0.112. The highest BCUT2D eigenvalue weighted by atomic mass is 32.1. The van der Waals surface area contributed by atoms with Gasteiger partial charge in [-0.25, -0.2) is 0 Å². The zero-order chi connectivity index (χ0) is 16.2. The Morgan fingerprint density at radius 3 is 2.78 bits per heavy atom. The number of hydrogen-bond acceptors (Lipinski definition) is 4. The van der Waals surface area contributed by atoms with Crippen LogP contribution in [0.3, 0.4) is 0 Å². The Hall–Kier alpha value is -1.40. The van der Waals surface area contributed by atoms with Crippen LogP contribution in [0.15, 0.2) is 17.5 Å². The van der Waals surface area contributed by atoms with Crippen molar-refractivity contribution >= 4 is 23.2 Å². The fourth-order valence-corrected chi connectivity index (χ4v) is 4.33. The van der Waals surface area contributed by atoms with Gasteiger partial charge in [-0.1, -0.05) is 18.9 Å². The number of rotatable bonds is 5. The summed E-state index contributed by atoms with van der Waals surface area (Å²) in [6.45, 7) is 0.918. The highest BCUT2D eigenvalue weighted by Crippen LogP contribution is 2.27. The molecular formula is C17H24N2O3S. The maximum absolute atomic E-state index is 12.5. The summed E-state index contributed by atoms with van der Waals surface area (Å²) in [6, 6.07) is 3.24. The molecule has 1 aliphatic heterocycles. The number of aliphatic hydroxyl groups is 1. The molecule has 1 aromatic heterocycles. The molecule has 0 bridgehead atoms. The van der Waals surface area contributed by atoms with E-state index in [9.17, 15) is 14.7 Å². The molecule has 2 N–H and O–H groups in total. The van der Waals surface area contributed by atoms with Crippen LogP contribution in [0.1, 0.15) is 48.2 Å². The van der Waals surface area contributed by atoms with Crippen LogP contribution in [0, 0.1) is 5.92 Å². The predicted molar refractivity (Wildman–Crippen MR) is 89.4 cm³/mol. The van der Waals surface area contributed by atoms with Crippen molar-refractivity contribution < 1.29 is 14.7 Å². The van der Waals surface area contributed by atoms with E-state index in [1.165, 1.54) is 24.2 Å². The number of aliphatic hydroxyl groups excluding tert-OH is 1. The van der Waals surface area contributed by atoms with Crippen molar-refractivity contribution in [3.63, 3.8) is 0 Å². The van der Waals surface area contributed by atoms with Gasteiger partial charge in [0.05, 0.1) is 11.0 Å². The smallest absolute Gasteiger partial charge is 0.264 e. The lowest BCUT2D eigenvalue weighted by Gasteiger charge is -2.25. The van der Waals surface area contributed by atoms with E-state index < -0.39 is 12.1 Å². The van der Waals surface area contributed by atoms with Crippen molar-refractivity contribution in [2.24, 2.45) is 5.92 Å². The van der Waals surface area contributed by atoms with Gasteiger partial charge in [0, 0.05) is 13.1 Å². The second-order valence-electron chi connectivity index (χ2n) is 6.49. The highest BCUT2D eigenvalue weighted by molar-refractivity contribution is 7.12. The topological polar surface area (TPSA) is 69.6 Å². The fraction of sp³-hybridized carbons (Fsp3) is 0.647. The molecule has 5 nitrogen and oxygen atoms in total.